The molecule has 0 saturated heterocycles. The molecule has 0 spiro atoms. The Hall–Kier alpha value is -0.943. The summed E-state index contributed by atoms with van der Waals surface area (Å²) in [5.74, 6) is 0. The lowest BCUT2D eigenvalue weighted by atomic mass is 10.1. The van der Waals surface area contributed by atoms with Crippen molar-refractivity contribution in [1.29, 1.82) is 0 Å². The first-order valence-electron chi connectivity index (χ1n) is 5.01. The van der Waals surface area contributed by atoms with Crippen LogP contribution in [0.5, 0.6) is 0 Å². The molecule has 16 heavy (non-hydrogen) atoms. The van der Waals surface area contributed by atoms with Crippen LogP contribution < -0.4 is 5.19 Å². The molecule has 0 unspecified atom stereocenters. The molecule has 0 saturated carbocycles. The lowest BCUT2D eigenvalue weighted by molar-refractivity contribution is 0.140. The predicted molar refractivity (Wildman–Crippen MR) is 67.6 cm³/mol. The van der Waals surface area contributed by atoms with Crippen LogP contribution in [0.25, 0.3) is 5.57 Å². The van der Waals surface area contributed by atoms with Gasteiger partial charge in [0, 0.05) is 26.5 Å². The number of hydrogen-bond donors (Lipinski definition) is 0. The predicted octanol–water partition coefficient (Wildman–Crippen LogP) is 1.80. The van der Waals surface area contributed by atoms with Gasteiger partial charge in [-0.2, -0.15) is 0 Å². The van der Waals surface area contributed by atoms with Crippen LogP contribution >= 0.6 is 0 Å². The zero-order valence-corrected chi connectivity index (χ0v) is 11.2. The van der Waals surface area contributed by atoms with E-state index in [0.717, 1.165) is 16.3 Å². The summed E-state index contributed by atoms with van der Waals surface area (Å²) in [6.45, 7) is 5.89. The van der Waals surface area contributed by atoms with Gasteiger partial charge >= 0.3 is 8.80 Å². The third-order valence-corrected chi connectivity index (χ3v) is 5.15. The second kappa shape index (κ2) is 5.40. The van der Waals surface area contributed by atoms with Gasteiger partial charge in [-0.3, -0.25) is 0 Å². The molecule has 88 valence electrons. The molecular weight excluding hydrogens is 220 g/mol. The van der Waals surface area contributed by atoms with E-state index in [2.05, 4.69) is 6.58 Å². The lowest BCUT2D eigenvalue weighted by Gasteiger charge is -2.24. The van der Waals surface area contributed by atoms with Crippen molar-refractivity contribution in [3.05, 3.63) is 36.4 Å². The molecule has 0 aromatic heterocycles. The van der Waals surface area contributed by atoms with E-state index in [4.69, 9.17) is 13.3 Å². The third-order valence-electron chi connectivity index (χ3n) is 2.52. The molecule has 4 heteroatoms. The Morgan fingerprint density at radius 2 is 1.69 bits per heavy atom. The average molecular weight is 238 g/mol. The van der Waals surface area contributed by atoms with Gasteiger partial charge in [0.15, 0.2) is 0 Å². The molecular formula is C12H18O3Si. The highest BCUT2D eigenvalue weighted by molar-refractivity contribution is 6.75. The normalized spacial score (nSPS) is 11.5. The van der Waals surface area contributed by atoms with Gasteiger partial charge in [0.2, 0.25) is 0 Å². The summed E-state index contributed by atoms with van der Waals surface area (Å²) >= 11 is 0. The number of hydrogen-bond acceptors (Lipinski definition) is 3. The van der Waals surface area contributed by atoms with Gasteiger partial charge < -0.3 is 13.3 Å². The number of benzene rings is 1. The Bertz CT molecular complexity index is 364. The van der Waals surface area contributed by atoms with Crippen LogP contribution in [0.4, 0.5) is 0 Å². The van der Waals surface area contributed by atoms with Crippen LogP contribution in [0.2, 0.25) is 0 Å². The molecule has 0 aliphatic carbocycles. The van der Waals surface area contributed by atoms with Gasteiger partial charge in [-0.05, 0) is 18.6 Å². The van der Waals surface area contributed by atoms with Crippen molar-refractivity contribution in [2.24, 2.45) is 0 Å². The van der Waals surface area contributed by atoms with Crippen molar-refractivity contribution in [2.45, 2.75) is 6.92 Å². The Kier molecular flexibility index (Phi) is 4.43. The van der Waals surface area contributed by atoms with Crippen molar-refractivity contribution in [3.63, 3.8) is 0 Å². The molecule has 0 fully saturated rings. The van der Waals surface area contributed by atoms with E-state index in [1.165, 1.54) is 0 Å². The first kappa shape index (κ1) is 13.1. The maximum atomic E-state index is 5.42. The first-order valence-corrected chi connectivity index (χ1v) is 6.74. The Morgan fingerprint density at radius 1 is 1.12 bits per heavy atom. The SMILES string of the molecule is C=C(C)c1cccc([Si](OC)(OC)OC)c1. The van der Waals surface area contributed by atoms with Crippen LogP contribution in [0.3, 0.4) is 0 Å². The molecule has 0 aliphatic rings. The van der Waals surface area contributed by atoms with Gasteiger partial charge in [-0.15, -0.1) is 0 Å². The van der Waals surface area contributed by atoms with Crippen LogP contribution in [0.15, 0.2) is 30.8 Å². The molecule has 3 nitrogen and oxygen atoms in total. The van der Waals surface area contributed by atoms with Crippen molar-refractivity contribution in [3.8, 4) is 0 Å². The molecule has 0 atom stereocenters. The molecule has 1 aromatic rings. The smallest absolute Gasteiger partial charge is 0.373 e. The topological polar surface area (TPSA) is 27.7 Å². The Morgan fingerprint density at radius 3 is 2.12 bits per heavy atom. The van der Waals surface area contributed by atoms with Crippen molar-refractivity contribution >= 4 is 19.6 Å². The fourth-order valence-corrected chi connectivity index (χ4v) is 3.42. The highest BCUT2D eigenvalue weighted by Gasteiger charge is 2.40. The quantitative estimate of drug-likeness (QED) is 0.732. The minimum atomic E-state index is -2.71. The van der Waals surface area contributed by atoms with E-state index >= 15 is 0 Å². The molecule has 1 aromatic carbocycles. The number of allylic oxidation sites excluding steroid dienone is 1. The summed E-state index contributed by atoms with van der Waals surface area (Å²) in [6, 6.07) is 7.92. The second-order valence-electron chi connectivity index (χ2n) is 3.53. The van der Waals surface area contributed by atoms with Gasteiger partial charge in [-0.1, -0.05) is 30.4 Å². The lowest BCUT2D eigenvalue weighted by Crippen LogP contribution is -2.54. The molecule has 0 bridgehead atoms. The van der Waals surface area contributed by atoms with Crippen LogP contribution in [-0.2, 0) is 13.3 Å². The molecule has 0 N–H and O–H groups in total. The molecule has 0 aliphatic heterocycles. The highest BCUT2D eigenvalue weighted by atomic mass is 28.4. The van der Waals surface area contributed by atoms with Gasteiger partial charge in [-0.25, -0.2) is 0 Å². The first-order chi connectivity index (χ1) is 7.59. The summed E-state index contributed by atoms with van der Waals surface area (Å²) in [5.41, 5.74) is 2.08. The van der Waals surface area contributed by atoms with Gasteiger partial charge in [0.1, 0.15) is 0 Å². The van der Waals surface area contributed by atoms with E-state index in [-0.39, 0.29) is 0 Å². The van der Waals surface area contributed by atoms with Gasteiger partial charge in [0.25, 0.3) is 0 Å². The van der Waals surface area contributed by atoms with Crippen LogP contribution in [-0.4, -0.2) is 30.1 Å². The Labute approximate surface area is 98.0 Å². The van der Waals surface area contributed by atoms with Crippen molar-refractivity contribution in [2.75, 3.05) is 21.3 Å². The van der Waals surface area contributed by atoms with Crippen molar-refractivity contribution in [1.82, 2.24) is 0 Å². The fraction of sp³-hybridized carbons (Fsp3) is 0.333. The summed E-state index contributed by atoms with van der Waals surface area (Å²) in [7, 11) is 2.10. The van der Waals surface area contributed by atoms with E-state index in [0.29, 0.717) is 0 Å². The highest BCUT2D eigenvalue weighted by Crippen LogP contribution is 2.13. The minimum absolute atomic E-state index is 0.945. The molecule has 0 radical (unpaired) electrons. The molecule has 0 amide bonds. The summed E-state index contributed by atoms with van der Waals surface area (Å²) in [4.78, 5) is 0. The largest absolute Gasteiger partial charge is 0.536 e. The van der Waals surface area contributed by atoms with E-state index in [1.54, 1.807) is 21.3 Å². The molecule has 0 heterocycles. The zero-order chi connectivity index (χ0) is 12.2. The second-order valence-corrected chi connectivity index (χ2v) is 6.44. The maximum absolute atomic E-state index is 5.42. The molecule has 1 rings (SSSR count). The maximum Gasteiger partial charge on any atom is 0.536 e. The van der Waals surface area contributed by atoms with Crippen LogP contribution in [0.1, 0.15) is 12.5 Å². The minimum Gasteiger partial charge on any atom is -0.373 e. The zero-order valence-electron chi connectivity index (χ0n) is 10.2. The van der Waals surface area contributed by atoms with E-state index < -0.39 is 8.80 Å². The van der Waals surface area contributed by atoms with E-state index in [1.807, 2.05) is 31.2 Å². The monoisotopic (exact) mass is 238 g/mol. The van der Waals surface area contributed by atoms with Gasteiger partial charge in [0.05, 0.1) is 0 Å². The summed E-state index contributed by atoms with van der Waals surface area (Å²) in [5, 5.41) is 0.945. The Balaban J connectivity index is 3.20. The third kappa shape index (κ3) is 2.41. The van der Waals surface area contributed by atoms with Crippen LogP contribution in [0, 0.1) is 0 Å². The standard InChI is InChI=1S/C12H18O3Si/c1-10(2)11-7-6-8-12(9-11)16(13-3,14-4)15-5/h6-9H,1H2,2-5H3. The van der Waals surface area contributed by atoms with E-state index in [9.17, 15) is 0 Å². The average Bonchev–Trinajstić information content (AvgIpc) is 2.32. The summed E-state index contributed by atoms with van der Waals surface area (Å²) in [6.07, 6.45) is 0. The van der Waals surface area contributed by atoms with Crippen molar-refractivity contribution < 1.29 is 13.3 Å². The number of rotatable bonds is 5. The fourth-order valence-electron chi connectivity index (χ4n) is 1.58. The summed E-state index contributed by atoms with van der Waals surface area (Å²) < 4.78 is 16.3.